The SMILES string of the molecule is [C-]#[N+]c1ccc2c(c1)c1cc([N+]#[C-])ccc1n2-c1ccc2c(c1)-c1cc(-n3c4ccccc4c4ccccc43)ccc1OC(C)(C)O2. The smallest absolute Gasteiger partial charge is 0.245 e. The number of ether oxygens (including phenoxy) is 2. The molecule has 3 heterocycles. The summed E-state index contributed by atoms with van der Waals surface area (Å²) in [7, 11) is 0. The largest absolute Gasteiger partial charge is 0.452 e. The van der Waals surface area contributed by atoms with Crippen molar-refractivity contribution in [2.24, 2.45) is 0 Å². The molecule has 6 nitrogen and oxygen atoms in total. The second-order valence-corrected chi connectivity index (χ2v) is 12.3. The molecule has 6 heteroatoms. The molecule has 0 unspecified atom stereocenters. The molecule has 9 rings (SSSR count). The molecular formula is C41H26N4O2. The molecule has 0 fully saturated rings. The molecule has 0 amide bonds. The van der Waals surface area contributed by atoms with Crippen LogP contribution in [0.1, 0.15) is 13.8 Å². The lowest BCUT2D eigenvalue weighted by Gasteiger charge is -2.25. The third-order valence-corrected chi connectivity index (χ3v) is 9.01. The fourth-order valence-corrected chi connectivity index (χ4v) is 7.08. The van der Waals surface area contributed by atoms with E-state index < -0.39 is 5.79 Å². The molecule has 47 heavy (non-hydrogen) atoms. The van der Waals surface area contributed by atoms with Gasteiger partial charge in [-0.3, -0.25) is 0 Å². The standard InChI is InChI=1S/C41H26N4O2/c1-41(2)46-39-19-15-27(44-35-11-7-5-9-29(35)30-10-6-8-12-36(30)44)23-33(39)34-24-28(16-20-40(34)47-41)45-37-17-13-25(42-3)21-31(37)32-22-26(43-4)14-18-38(32)45/h5-24H,1-2H3. The van der Waals surface area contributed by atoms with Crippen LogP contribution in [-0.2, 0) is 0 Å². The molecule has 0 N–H and O–H groups in total. The zero-order valence-corrected chi connectivity index (χ0v) is 25.7. The van der Waals surface area contributed by atoms with Gasteiger partial charge in [0.05, 0.1) is 35.2 Å². The Hall–Kier alpha value is -6.50. The van der Waals surface area contributed by atoms with E-state index in [1.54, 1.807) is 0 Å². The maximum atomic E-state index is 7.60. The maximum absolute atomic E-state index is 7.60. The highest BCUT2D eigenvalue weighted by atomic mass is 16.7. The van der Waals surface area contributed by atoms with E-state index in [1.807, 2.05) is 62.4 Å². The highest BCUT2D eigenvalue weighted by Crippen LogP contribution is 2.46. The van der Waals surface area contributed by atoms with Gasteiger partial charge in [0.1, 0.15) is 11.5 Å². The molecule has 0 saturated carbocycles. The van der Waals surface area contributed by atoms with E-state index in [9.17, 15) is 0 Å². The average molecular weight is 607 g/mol. The lowest BCUT2D eigenvalue weighted by molar-refractivity contribution is -0.0778. The van der Waals surface area contributed by atoms with Crippen molar-refractivity contribution in [3.8, 4) is 34.0 Å². The van der Waals surface area contributed by atoms with Crippen LogP contribution in [0, 0.1) is 13.1 Å². The Morgan fingerprint density at radius 3 is 1.36 bits per heavy atom. The van der Waals surface area contributed by atoms with Gasteiger partial charge in [0.25, 0.3) is 0 Å². The van der Waals surface area contributed by atoms with Gasteiger partial charge in [0.2, 0.25) is 5.79 Å². The van der Waals surface area contributed by atoms with Crippen molar-refractivity contribution >= 4 is 55.0 Å². The number of para-hydroxylation sites is 2. The molecule has 0 atom stereocenters. The van der Waals surface area contributed by atoms with Gasteiger partial charge in [0.15, 0.2) is 11.4 Å². The molecule has 0 saturated heterocycles. The summed E-state index contributed by atoms with van der Waals surface area (Å²) in [6.45, 7) is 19.1. The maximum Gasteiger partial charge on any atom is 0.245 e. The summed E-state index contributed by atoms with van der Waals surface area (Å²) in [4.78, 5) is 7.35. The zero-order chi connectivity index (χ0) is 31.9. The van der Waals surface area contributed by atoms with Crippen LogP contribution in [-0.4, -0.2) is 14.9 Å². The summed E-state index contributed by atoms with van der Waals surface area (Å²) in [5.74, 6) is 0.568. The van der Waals surface area contributed by atoms with Crippen molar-refractivity contribution in [2.75, 3.05) is 0 Å². The van der Waals surface area contributed by atoms with Crippen LogP contribution >= 0.6 is 0 Å². The predicted molar refractivity (Wildman–Crippen MR) is 188 cm³/mol. The molecular weight excluding hydrogens is 580 g/mol. The third-order valence-electron chi connectivity index (χ3n) is 9.01. The molecule has 1 aliphatic rings. The first-order chi connectivity index (χ1) is 22.9. The third kappa shape index (κ3) is 4.02. The van der Waals surface area contributed by atoms with E-state index in [2.05, 4.69) is 91.6 Å². The molecule has 0 bridgehead atoms. The highest BCUT2D eigenvalue weighted by molar-refractivity contribution is 6.12. The van der Waals surface area contributed by atoms with Crippen LogP contribution in [0.3, 0.4) is 0 Å². The summed E-state index contributed by atoms with van der Waals surface area (Å²) in [6.07, 6.45) is 0. The van der Waals surface area contributed by atoms with Gasteiger partial charge >= 0.3 is 0 Å². The lowest BCUT2D eigenvalue weighted by Crippen LogP contribution is -2.34. The van der Waals surface area contributed by atoms with Crippen molar-refractivity contribution in [3.63, 3.8) is 0 Å². The molecule has 6 aromatic carbocycles. The van der Waals surface area contributed by atoms with Gasteiger partial charge in [-0.25, -0.2) is 9.69 Å². The van der Waals surface area contributed by atoms with E-state index in [4.69, 9.17) is 22.6 Å². The Morgan fingerprint density at radius 2 is 0.915 bits per heavy atom. The summed E-state index contributed by atoms with van der Waals surface area (Å²) in [5, 5.41) is 4.28. The van der Waals surface area contributed by atoms with Crippen LogP contribution in [0.15, 0.2) is 121 Å². The van der Waals surface area contributed by atoms with E-state index in [0.717, 1.165) is 66.8 Å². The summed E-state index contributed by atoms with van der Waals surface area (Å²) in [6, 6.07) is 41.0. The molecule has 0 spiro atoms. The molecule has 1 aliphatic heterocycles. The molecule has 8 aromatic rings. The van der Waals surface area contributed by atoms with Crippen molar-refractivity contribution in [1.29, 1.82) is 0 Å². The molecule has 2 aromatic heterocycles. The van der Waals surface area contributed by atoms with E-state index in [0.29, 0.717) is 11.4 Å². The van der Waals surface area contributed by atoms with Crippen LogP contribution in [0.2, 0.25) is 0 Å². The van der Waals surface area contributed by atoms with Gasteiger partial charge in [-0.05, 0) is 83.6 Å². The van der Waals surface area contributed by atoms with Gasteiger partial charge in [-0.1, -0.05) is 48.5 Å². The number of benzene rings is 6. The first kappa shape index (κ1) is 26.9. The second kappa shape index (κ2) is 9.75. The number of nitrogens with zero attached hydrogens (tertiary/aromatic N) is 4. The number of hydrogen-bond donors (Lipinski definition) is 0. The van der Waals surface area contributed by atoms with Gasteiger partial charge < -0.3 is 18.6 Å². The first-order valence-electron chi connectivity index (χ1n) is 15.4. The minimum Gasteiger partial charge on any atom is -0.452 e. The van der Waals surface area contributed by atoms with Crippen molar-refractivity contribution in [2.45, 2.75) is 19.6 Å². The summed E-state index contributed by atoms with van der Waals surface area (Å²) < 4.78 is 17.5. The molecule has 0 aliphatic carbocycles. The van der Waals surface area contributed by atoms with Gasteiger partial charge in [-0.2, -0.15) is 0 Å². The highest BCUT2D eigenvalue weighted by Gasteiger charge is 2.30. The first-order valence-corrected chi connectivity index (χ1v) is 15.4. The zero-order valence-electron chi connectivity index (χ0n) is 25.7. The van der Waals surface area contributed by atoms with Crippen LogP contribution in [0.4, 0.5) is 11.4 Å². The van der Waals surface area contributed by atoms with E-state index >= 15 is 0 Å². The lowest BCUT2D eigenvalue weighted by atomic mass is 10.0. The van der Waals surface area contributed by atoms with Crippen molar-refractivity contribution in [3.05, 3.63) is 144 Å². The van der Waals surface area contributed by atoms with E-state index in [1.165, 1.54) is 10.8 Å². The Kier molecular flexibility index (Phi) is 5.57. The van der Waals surface area contributed by atoms with Gasteiger partial charge in [-0.15, -0.1) is 0 Å². The predicted octanol–water partition coefficient (Wildman–Crippen LogP) is 11.2. The molecule has 0 radical (unpaired) electrons. The fourth-order valence-electron chi connectivity index (χ4n) is 7.08. The van der Waals surface area contributed by atoms with Crippen molar-refractivity contribution < 1.29 is 9.47 Å². The quantitative estimate of drug-likeness (QED) is 0.184. The van der Waals surface area contributed by atoms with Gasteiger partial charge in [0, 0.05) is 47.1 Å². The number of rotatable bonds is 2. The summed E-state index contributed by atoms with van der Waals surface area (Å²) in [5.41, 5.74) is 9.11. The van der Waals surface area contributed by atoms with Crippen LogP contribution in [0.5, 0.6) is 11.5 Å². The minimum absolute atomic E-state index is 0.561. The number of fused-ring (bicyclic) bond motifs is 9. The monoisotopic (exact) mass is 606 g/mol. The van der Waals surface area contributed by atoms with Crippen molar-refractivity contribution in [1.82, 2.24) is 9.13 Å². The second-order valence-electron chi connectivity index (χ2n) is 12.3. The van der Waals surface area contributed by atoms with Crippen LogP contribution in [0.25, 0.3) is 75.8 Å². The Labute approximate surface area is 270 Å². The fraction of sp³-hybridized carbons (Fsp3) is 0.0732. The normalized spacial score (nSPS) is 13.4. The number of aromatic nitrogens is 2. The topological polar surface area (TPSA) is 37.0 Å². The minimum atomic E-state index is -0.894. The number of hydrogen-bond acceptors (Lipinski definition) is 2. The average Bonchev–Trinajstić information content (AvgIpc) is 3.56. The van der Waals surface area contributed by atoms with E-state index in [-0.39, 0.29) is 0 Å². The Morgan fingerprint density at radius 1 is 0.489 bits per heavy atom. The Bertz CT molecular complexity index is 2570. The Balaban J connectivity index is 1.31. The molecule has 222 valence electrons. The summed E-state index contributed by atoms with van der Waals surface area (Å²) >= 11 is 0. The van der Waals surface area contributed by atoms with Crippen LogP contribution < -0.4 is 9.47 Å².